The van der Waals surface area contributed by atoms with Crippen LogP contribution < -0.4 is 10.8 Å². The van der Waals surface area contributed by atoms with E-state index in [4.69, 9.17) is 22.2 Å². The molecule has 2 aromatic rings. The number of nitrogens with one attached hydrogen (secondary N) is 2. The monoisotopic (exact) mass is 288 g/mol. The molecule has 18 heavy (non-hydrogen) atoms. The minimum Gasteiger partial charge on any atom is -0.363 e. The number of fused-ring (bicyclic) bond motifs is 1. The molecule has 0 aliphatic rings. The molecule has 1 aromatic carbocycles. The Morgan fingerprint density at radius 2 is 2.33 bits per heavy atom. The molecule has 1 amide bonds. The van der Waals surface area contributed by atoms with Gasteiger partial charge >= 0.3 is 0 Å². The number of rotatable bonds is 4. The maximum Gasteiger partial charge on any atom is 0.284 e. The number of nitrogens with two attached hydrogens (primary N) is 1. The first-order valence-electron chi connectivity index (χ1n) is 4.92. The lowest BCUT2D eigenvalue weighted by molar-refractivity contribution is 0.0991. The largest absolute Gasteiger partial charge is 0.363 e. The van der Waals surface area contributed by atoms with Crippen molar-refractivity contribution in [2.45, 2.75) is 6.54 Å². The lowest BCUT2D eigenvalue weighted by atomic mass is 10.2. The van der Waals surface area contributed by atoms with Crippen molar-refractivity contribution in [1.29, 1.82) is 0 Å². The number of carbonyl (C=O) groups excluding carboxylic acids is 1. The summed E-state index contributed by atoms with van der Waals surface area (Å²) in [4.78, 5) is 26.5. The summed E-state index contributed by atoms with van der Waals surface area (Å²) >= 11 is 5.90. The third-order valence-corrected chi connectivity index (χ3v) is 2.99. The number of amides is 1. The fourth-order valence-corrected chi connectivity index (χ4v) is 2.16. The number of H-pyrrole nitrogens is 1. The van der Waals surface area contributed by atoms with Gasteiger partial charge in [0, 0.05) is 11.6 Å². The maximum atomic E-state index is 11.0. The molecular formula is C9H10ClN4O3P. The number of aromatic nitrogens is 2. The van der Waals surface area contributed by atoms with Crippen LogP contribution in [-0.4, -0.2) is 20.8 Å². The predicted octanol–water partition coefficient (Wildman–Crippen LogP) is 0.787. The van der Waals surface area contributed by atoms with Crippen molar-refractivity contribution in [3.05, 3.63) is 28.5 Å². The lowest BCUT2D eigenvalue weighted by Crippen LogP contribution is -2.12. The smallest absolute Gasteiger partial charge is 0.284 e. The van der Waals surface area contributed by atoms with Crippen LogP contribution in [0, 0.1) is 0 Å². The summed E-state index contributed by atoms with van der Waals surface area (Å²) < 4.78 is 10.6. The number of halogens is 1. The molecule has 0 bridgehead atoms. The molecule has 0 radical (unpaired) electrons. The number of benzene rings is 1. The van der Waals surface area contributed by atoms with Crippen LogP contribution in [-0.2, 0) is 11.1 Å². The van der Waals surface area contributed by atoms with Gasteiger partial charge in [-0.1, -0.05) is 11.6 Å². The molecule has 1 unspecified atom stereocenters. The second-order valence-electron chi connectivity index (χ2n) is 3.57. The van der Waals surface area contributed by atoms with Crippen molar-refractivity contribution in [2.24, 2.45) is 5.73 Å². The highest BCUT2D eigenvalue weighted by atomic mass is 35.5. The van der Waals surface area contributed by atoms with Crippen molar-refractivity contribution in [3.8, 4) is 0 Å². The van der Waals surface area contributed by atoms with Gasteiger partial charge in [-0.2, -0.15) is 0 Å². The van der Waals surface area contributed by atoms with E-state index >= 15 is 0 Å². The Morgan fingerprint density at radius 1 is 1.61 bits per heavy atom. The second-order valence-corrected chi connectivity index (χ2v) is 4.97. The number of hydrogen-bond donors (Lipinski definition) is 4. The Hall–Kier alpha value is -1.40. The van der Waals surface area contributed by atoms with Crippen LogP contribution in [0.4, 0.5) is 0 Å². The van der Waals surface area contributed by atoms with Gasteiger partial charge in [-0.25, -0.2) is 10.1 Å². The minimum atomic E-state index is -2.79. The molecule has 9 heteroatoms. The minimum absolute atomic E-state index is 0.0187. The summed E-state index contributed by atoms with van der Waals surface area (Å²) in [5.41, 5.74) is 6.76. The van der Waals surface area contributed by atoms with Gasteiger partial charge < -0.3 is 15.6 Å². The van der Waals surface area contributed by atoms with Crippen LogP contribution >= 0.6 is 19.8 Å². The highest BCUT2D eigenvalue weighted by Crippen LogP contribution is 2.23. The number of primary amides is 1. The van der Waals surface area contributed by atoms with E-state index in [0.717, 1.165) is 0 Å². The maximum absolute atomic E-state index is 11.0. The zero-order valence-corrected chi connectivity index (χ0v) is 10.8. The third-order valence-electron chi connectivity index (χ3n) is 2.29. The third kappa shape index (κ3) is 2.70. The first-order valence-corrected chi connectivity index (χ1v) is 6.65. The normalized spacial score (nSPS) is 12.8. The summed E-state index contributed by atoms with van der Waals surface area (Å²) in [5, 5.41) is 2.82. The molecule has 0 aliphatic heterocycles. The van der Waals surface area contributed by atoms with Gasteiger partial charge in [-0.3, -0.25) is 9.36 Å². The summed E-state index contributed by atoms with van der Waals surface area (Å²) in [6.07, 6.45) is 0. The Bertz CT molecular complexity index is 642. The number of carbonyl (C=O) groups is 1. The van der Waals surface area contributed by atoms with Crippen LogP contribution in [0.2, 0.25) is 5.02 Å². The zero-order valence-electron chi connectivity index (χ0n) is 9.03. The van der Waals surface area contributed by atoms with Crippen molar-refractivity contribution in [2.75, 3.05) is 0 Å². The first-order chi connectivity index (χ1) is 8.47. The van der Waals surface area contributed by atoms with E-state index in [2.05, 4.69) is 15.1 Å². The Balaban J connectivity index is 2.50. The van der Waals surface area contributed by atoms with E-state index in [1.54, 1.807) is 12.1 Å². The van der Waals surface area contributed by atoms with Gasteiger partial charge in [0.1, 0.15) is 0 Å². The van der Waals surface area contributed by atoms with Gasteiger partial charge in [-0.15, -0.1) is 0 Å². The molecule has 0 saturated carbocycles. The van der Waals surface area contributed by atoms with Crippen molar-refractivity contribution in [1.82, 2.24) is 15.1 Å². The Kier molecular flexibility index (Phi) is 3.68. The molecular weight excluding hydrogens is 279 g/mol. The number of aromatic amines is 1. The standard InChI is InChI=1S/C9H10ClN4O3P/c10-5-1-4(3-12-18(16)17)7-6(2-5)13-9(14-7)8(11)15/h1-2,18H,3H2,(H2,11,15)(H,13,14)(H2,12,16,17). The van der Waals surface area contributed by atoms with Gasteiger partial charge in [0.2, 0.25) is 0 Å². The average Bonchev–Trinajstić information content (AvgIpc) is 2.69. The van der Waals surface area contributed by atoms with Crippen LogP contribution in [0.15, 0.2) is 12.1 Å². The number of nitrogens with zero attached hydrogens (tertiary/aromatic N) is 1. The highest BCUT2D eigenvalue weighted by Gasteiger charge is 2.12. The van der Waals surface area contributed by atoms with E-state index in [-0.39, 0.29) is 12.4 Å². The first kappa shape index (κ1) is 13.0. The quantitative estimate of drug-likeness (QED) is 0.620. The lowest BCUT2D eigenvalue weighted by Gasteiger charge is -2.03. The molecule has 1 aromatic heterocycles. The molecule has 5 N–H and O–H groups in total. The van der Waals surface area contributed by atoms with Crippen LogP contribution in [0.3, 0.4) is 0 Å². The van der Waals surface area contributed by atoms with E-state index in [0.29, 0.717) is 21.6 Å². The van der Waals surface area contributed by atoms with Gasteiger partial charge in [0.15, 0.2) is 5.82 Å². The van der Waals surface area contributed by atoms with E-state index in [1.807, 2.05) is 0 Å². The summed E-state index contributed by atoms with van der Waals surface area (Å²) in [6.45, 7) is 0.119. The summed E-state index contributed by atoms with van der Waals surface area (Å²) in [6, 6.07) is 3.20. The van der Waals surface area contributed by atoms with E-state index < -0.39 is 14.1 Å². The van der Waals surface area contributed by atoms with Gasteiger partial charge in [0.25, 0.3) is 14.1 Å². The van der Waals surface area contributed by atoms with Gasteiger partial charge in [0.05, 0.1) is 11.0 Å². The number of hydrogen-bond acceptors (Lipinski definition) is 3. The fourth-order valence-electron chi connectivity index (χ4n) is 1.57. The Labute approximate surface area is 107 Å². The Morgan fingerprint density at radius 3 is 2.94 bits per heavy atom. The van der Waals surface area contributed by atoms with Crippen LogP contribution in [0.1, 0.15) is 16.2 Å². The molecule has 0 aliphatic carbocycles. The SMILES string of the molecule is NC(=O)c1nc2c(CN[PH](=O)O)cc(Cl)cc2[nH]1. The molecule has 0 saturated heterocycles. The molecule has 1 heterocycles. The summed E-state index contributed by atoms with van der Waals surface area (Å²) in [7, 11) is -2.79. The topological polar surface area (TPSA) is 121 Å². The van der Waals surface area contributed by atoms with Crippen molar-refractivity contribution in [3.63, 3.8) is 0 Å². The van der Waals surface area contributed by atoms with Gasteiger partial charge in [-0.05, 0) is 17.7 Å². The number of imidazole rings is 1. The molecule has 0 fully saturated rings. The molecule has 96 valence electrons. The van der Waals surface area contributed by atoms with Crippen LogP contribution in [0.25, 0.3) is 11.0 Å². The van der Waals surface area contributed by atoms with Crippen molar-refractivity contribution >= 4 is 36.7 Å². The molecule has 1 atom stereocenters. The highest BCUT2D eigenvalue weighted by molar-refractivity contribution is 7.35. The molecule has 2 rings (SSSR count). The van der Waals surface area contributed by atoms with Crippen molar-refractivity contribution < 1.29 is 14.3 Å². The molecule has 0 spiro atoms. The summed E-state index contributed by atoms with van der Waals surface area (Å²) in [5.74, 6) is -0.665. The van der Waals surface area contributed by atoms with E-state index in [1.165, 1.54) is 0 Å². The zero-order chi connectivity index (χ0) is 13.3. The van der Waals surface area contributed by atoms with Crippen LogP contribution in [0.5, 0.6) is 0 Å². The fraction of sp³-hybridized carbons (Fsp3) is 0.111. The average molecular weight is 289 g/mol. The molecule has 7 nitrogen and oxygen atoms in total. The van der Waals surface area contributed by atoms with E-state index in [9.17, 15) is 9.36 Å². The predicted molar refractivity (Wildman–Crippen MR) is 67.7 cm³/mol. The second kappa shape index (κ2) is 5.07.